The molecule has 22 heavy (non-hydrogen) atoms. The highest BCUT2D eigenvalue weighted by Crippen LogP contribution is 2.06. The molecule has 0 aromatic heterocycles. The molecule has 0 fully saturated rings. The van der Waals surface area contributed by atoms with Crippen molar-refractivity contribution in [3.8, 4) is 0 Å². The molecule has 0 aliphatic rings. The van der Waals surface area contributed by atoms with E-state index in [1.807, 2.05) is 7.05 Å². The summed E-state index contributed by atoms with van der Waals surface area (Å²) < 4.78 is 0. The zero-order chi connectivity index (χ0) is 16.4. The molecule has 0 saturated carbocycles. The van der Waals surface area contributed by atoms with Gasteiger partial charge in [-0.05, 0) is 44.0 Å². The van der Waals surface area contributed by atoms with Gasteiger partial charge in [0.1, 0.15) is 0 Å². The smallest absolute Gasteiger partial charge is 0.191 e. The molecule has 0 amide bonds. The van der Waals surface area contributed by atoms with Gasteiger partial charge >= 0.3 is 0 Å². The normalized spacial score (nSPS) is 12.0. The quantitative estimate of drug-likeness (QED) is 0.441. The van der Waals surface area contributed by atoms with E-state index in [4.69, 9.17) is 0 Å². The third-order valence-corrected chi connectivity index (χ3v) is 3.46. The molecule has 2 N–H and O–H groups in total. The largest absolute Gasteiger partial charge is 0.356 e. The van der Waals surface area contributed by atoms with Gasteiger partial charge in [-0.1, -0.05) is 38.1 Å². The van der Waals surface area contributed by atoms with Gasteiger partial charge in [0.2, 0.25) is 0 Å². The maximum absolute atomic E-state index is 4.26. The van der Waals surface area contributed by atoms with Crippen molar-refractivity contribution in [3.63, 3.8) is 0 Å². The van der Waals surface area contributed by atoms with Crippen molar-refractivity contribution in [2.75, 3.05) is 27.7 Å². The zero-order valence-electron chi connectivity index (χ0n) is 14.8. The number of nitrogens with one attached hydrogen (secondary N) is 2. The van der Waals surface area contributed by atoms with Crippen molar-refractivity contribution >= 4 is 5.96 Å². The number of hydrogen-bond donors (Lipinski definition) is 2. The summed E-state index contributed by atoms with van der Waals surface area (Å²) in [7, 11) is 5.99. The van der Waals surface area contributed by atoms with Gasteiger partial charge in [-0.25, -0.2) is 0 Å². The summed E-state index contributed by atoms with van der Waals surface area (Å²) in [4.78, 5) is 6.44. The van der Waals surface area contributed by atoms with E-state index in [1.165, 1.54) is 24.0 Å². The van der Waals surface area contributed by atoms with Gasteiger partial charge in [0.05, 0.1) is 0 Å². The van der Waals surface area contributed by atoms with Gasteiger partial charge in [0.25, 0.3) is 0 Å². The molecule has 0 atom stereocenters. The number of rotatable bonds is 8. The topological polar surface area (TPSA) is 39.7 Å². The highest BCUT2D eigenvalue weighted by molar-refractivity contribution is 5.79. The molecule has 1 aromatic rings. The van der Waals surface area contributed by atoms with Crippen LogP contribution in [0.15, 0.2) is 29.3 Å². The van der Waals surface area contributed by atoms with Crippen LogP contribution in [-0.4, -0.2) is 38.5 Å². The number of nitrogens with zero attached hydrogens (tertiary/aromatic N) is 2. The Balaban J connectivity index is 2.33. The van der Waals surface area contributed by atoms with Crippen molar-refractivity contribution in [2.45, 2.75) is 39.8 Å². The Kier molecular flexibility index (Phi) is 8.60. The summed E-state index contributed by atoms with van der Waals surface area (Å²) in [5.74, 6) is 1.64. The Hall–Kier alpha value is -1.55. The minimum atomic E-state index is 0.762. The fourth-order valence-corrected chi connectivity index (χ4v) is 2.25. The second-order valence-corrected chi connectivity index (χ2v) is 6.44. The molecule has 1 rings (SSSR count). The van der Waals surface area contributed by atoms with Crippen molar-refractivity contribution < 1.29 is 0 Å². The fraction of sp³-hybridized carbons (Fsp3) is 0.611. The first kappa shape index (κ1) is 18.5. The zero-order valence-corrected chi connectivity index (χ0v) is 14.8. The van der Waals surface area contributed by atoms with Crippen LogP contribution in [0.2, 0.25) is 0 Å². The molecule has 4 nitrogen and oxygen atoms in total. The van der Waals surface area contributed by atoms with Crippen LogP contribution in [0.1, 0.15) is 37.8 Å². The molecular formula is C18H32N4. The van der Waals surface area contributed by atoms with Crippen LogP contribution < -0.4 is 10.6 Å². The monoisotopic (exact) mass is 304 g/mol. The van der Waals surface area contributed by atoms with Gasteiger partial charge in [0.15, 0.2) is 5.96 Å². The van der Waals surface area contributed by atoms with Crippen LogP contribution in [0.4, 0.5) is 0 Å². The van der Waals surface area contributed by atoms with E-state index < -0.39 is 0 Å². The standard InChI is InChI=1S/C18H32N4/c1-15(2)7-6-12-20-18(19-3)21-13-16-8-10-17(11-9-16)14-22(4)5/h8-11,15H,6-7,12-14H2,1-5H3,(H2,19,20,21). The second-order valence-electron chi connectivity index (χ2n) is 6.44. The predicted octanol–water partition coefficient (Wildman–Crippen LogP) is 2.85. The first-order valence-electron chi connectivity index (χ1n) is 8.18. The minimum absolute atomic E-state index is 0.762. The van der Waals surface area contributed by atoms with Crippen LogP contribution in [0.3, 0.4) is 0 Å². The Labute approximate surface area is 136 Å². The Morgan fingerprint density at radius 1 is 1.09 bits per heavy atom. The highest BCUT2D eigenvalue weighted by atomic mass is 15.2. The Bertz CT molecular complexity index is 435. The van der Waals surface area contributed by atoms with E-state index in [9.17, 15) is 0 Å². The molecule has 0 aliphatic carbocycles. The van der Waals surface area contributed by atoms with Crippen LogP contribution >= 0.6 is 0 Å². The lowest BCUT2D eigenvalue weighted by molar-refractivity contribution is 0.402. The summed E-state index contributed by atoms with van der Waals surface area (Å²) in [5, 5.41) is 6.73. The molecule has 0 saturated heterocycles. The van der Waals surface area contributed by atoms with E-state index in [1.54, 1.807) is 0 Å². The van der Waals surface area contributed by atoms with Crippen molar-refractivity contribution in [1.29, 1.82) is 0 Å². The second kappa shape index (κ2) is 10.2. The Morgan fingerprint density at radius 3 is 2.27 bits per heavy atom. The van der Waals surface area contributed by atoms with Crippen molar-refractivity contribution in [2.24, 2.45) is 10.9 Å². The van der Waals surface area contributed by atoms with Crippen LogP contribution in [0.5, 0.6) is 0 Å². The molecule has 0 unspecified atom stereocenters. The van der Waals surface area contributed by atoms with E-state index >= 15 is 0 Å². The van der Waals surface area contributed by atoms with Gasteiger partial charge in [-0.3, -0.25) is 4.99 Å². The van der Waals surface area contributed by atoms with E-state index in [0.29, 0.717) is 0 Å². The molecule has 0 spiro atoms. The fourth-order valence-electron chi connectivity index (χ4n) is 2.25. The predicted molar refractivity (Wildman–Crippen MR) is 96.1 cm³/mol. The number of benzene rings is 1. The van der Waals surface area contributed by atoms with E-state index in [-0.39, 0.29) is 0 Å². The number of guanidine groups is 1. The number of hydrogen-bond acceptors (Lipinski definition) is 2. The summed E-state index contributed by atoms with van der Waals surface area (Å²) in [6.07, 6.45) is 2.43. The summed E-state index contributed by atoms with van der Waals surface area (Å²) >= 11 is 0. The Morgan fingerprint density at radius 2 is 1.73 bits per heavy atom. The first-order valence-corrected chi connectivity index (χ1v) is 8.18. The maximum atomic E-state index is 4.26. The SMILES string of the molecule is CN=C(NCCCC(C)C)NCc1ccc(CN(C)C)cc1. The maximum Gasteiger partial charge on any atom is 0.191 e. The highest BCUT2D eigenvalue weighted by Gasteiger charge is 2.00. The molecule has 0 aliphatic heterocycles. The molecule has 4 heteroatoms. The van der Waals surface area contributed by atoms with Gasteiger partial charge < -0.3 is 15.5 Å². The first-order chi connectivity index (χ1) is 10.5. The molecule has 0 bridgehead atoms. The molecule has 0 radical (unpaired) electrons. The van der Waals surface area contributed by atoms with Crippen LogP contribution in [-0.2, 0) is 13.1 Å². The lowest BCUT2D eigenvalue weighted by Gasteiger charge is -2.13. The van der Waals surface area contributed by atoms with Gasteiger partial charge in [-0.15, -0.1) is 0 Å². The van der Waals surface area contributed by atoms with Crippen molar-refractivity contribution in [1.82, 2.24) is 15.5 Å². The van der Waals surface area contributed by atoms with Crippen LogP contribution in [0, 0.1) is 5.92 Å². The van der Waals surface area contributed by atoms with E-state index in [0.717, 1.165) is 31.5 Å². The lowest BCUT2D eigenvalue weighted by Crippen LogP contribution is -2.37. The summed E-state index contributed by atoms with van der Waals surface area (Å²) in [6, 6.07) is 8.74. The third-order valence-electron chi connectivity index (χ3n) is 3.46. The molecule has 124 valence electrons. The van der Waals surface area contributed by atoms with Crippen molar-refractivity contribution in [3.05, 3.63) is 35.4 Å². The lowest BCUT2D eigenvalue weighted by atomic mass is 10.1. The summed E-state index contributed by atoms with van der Waals surface area (Å²) in [5.41, 5.74) is 2.61. The average molecular weight is 304 g/mol. The van der Waals surface area contributed by atoms with E-state index in [2.05, 4.69) is 72.7 Å². The summed E-state index contributed by atoms with van der Waals surface area (Å²) in [6.45, 7) is 7.26. The molecular weight excluding hydrogens is 272 g/mol. The average Bonchev–Trinajstić information content (AvgIpc) is 2.47. The molecule has 1 aromatic carbocycles. The van der Waals surface area contributed by atoms with Crippen LogP contribution in [0.25, 0.3) is 0 Å². The van der Waals surface area contributed by atoms with Gasteiger partial charge in [0, 0.05) is 26.7 Å². The molecule has 0 heterocycles. The minimum Gasteiger partial charge on any atom is -0.356 e. The van der Waals surface area contributed by atoms with Gasteiger partial charge in [-0.2, -0.15) is 0 Å². The third kappa shape index (κ3) is 8.03. The number of aliphatic imine (C=N–C) groups is 1.